The number of hydrogen-bond acceptors (Lipinski definition) is 3. The zero-order chi connectivity index (χ0) is 16.7. The average Bonchev–Trinajstić information content (AvgIpc) is 3.13. The van der Waals surface area contributed by atoms with Crippen LogP contribution in [0, 0.1) is 0 Å². The van der Waals surface area contributed by atoms with Crippen molar-refractivity contribution in [2.45, 2.75) is 13.1 Å². The van der Waals surface area contributed by atoms with E-state index < -0.39 is 0 Å². The largest absolute Gasteiger partial charge is 0.507 e. The summed E-state index contributed by atoms with van der Waals surface area (Å²) in [4.78, 5) is 14.2. The second-order valence-electron chi connectivity index (χ2n) is 6.04. The lowest BCUT2D eigenvalue weighted by Crippen LogP contribution is -2.23. The summed E-state index contributed by atoms with van der Waals surface area (Å²) in [5.74, 6) is -0.0533. The SMILES string of the molecule is Cn1ccc(-c2ccc(CN3Cc4cccc(O)c4C3=O)cc2)n1. The number of aryl methyl sites for hydroxylation is 1. The molecular weight excluding hydrogens is 302 g/mol. The van der Waals surface area contributed by atoms with Crippen LogP contribution < -0.4 is 0 Å². The van der Waals surface area contributed by atoms with E-state index in [2.05, 4.69) is 5.10 Å². The number of amides is 1. The maximum atomic E-state index is 12.5. The Kier molecular flexibility index (Phi) is 3.34. The molecule has 0 radical (unpaired) electrons. The van der Waals surface area contributed by atoms with Gasteiger partial charge in [0.2, 0.25) is 0 Å². The highest BCUT2D eigenvalue weighted by Crippen LogP contribution is 2.31. The fraction of sp³-hybridized carbons (Fsp3) is 0.158. The summed E-state index contributed by atoms with van der Waals surface area (Å²) in [5.41, 5.74) is 4.34. The number of carbonyl (C=O) groups is 1. The van der Waals surface area contributed by atoms with Gasteiger partial charge in [-0.1, -0.05) is 36.4 Å². The quantitative estimate of drug-likeness (QED) is 0.807. The lowest BCUT2D eigenvalue weighted by atomic mass is 10.1. The number of nitrogens with zero attached hydrogens (tertiary/aromatic N) is 3. The van der Waals surface area contributed by atoms with Gasteiger partial charge in [0.15, 0.2) is 0 Å². The summed E-state index contributed by atoms with van der Waals surface area (Å²) in [6, 6.07) is 15.2. The molecule has 4 rings (SSSR count). The summed E-state index contributed by atoms with van der Waals surface area (Å²) in [6.07, 6.45) is 1.91. The van der Waals surface area contributed by atoms with Crippen LogP contribution in [-0.4, -0.2) is 25.7 Å². The minimum atomic E-state index is -0.114. The van der Waals surface area contributed by atoms with Crippen LogP contribution in [0.25, 0.3) is 11.3 Å². The molecule has 1 aliphatic heterocycles. The minimum absolute atomic E-state index is 0.0606. The number of hydrogen-bond donors (Lipinski definition) is 1. The van der Waals surface area contributed by atoms with Gasteiger partial charge in [-0.2, -0.15) is 5.10 Å². The van der Waals surface area contributed by atoms with E-state index in [9.17, 15) is 9.90 Å². The Balaban J connectivity index is 1.53. The highest BCUT2D eigenvalue weighted by Gasteiger charge is 2.29. The Labute approximate surface area is 139 Å². The smallest absolute Gasteiger partial charge is 0.258 e. The normalized spacial score (nSPS) is 13.4. The van der Waals surface area contributed by atoms with Crippen LogP contribution in [0.1, 0.15) is 21.5 Å². The molecule has 1 N–H and O–H groups in total. The minimum Gasteiger partial charge on any atom is -0.507 e. The first-order chi connectivity index (χ1) is 11.6. The molecule has 2 aromatic carbocycles. The molecular formula is C19H17N3O2. The van der Waals surface area contributed by atoms with Gasteiger partial charge in [0, 0.05) is 31.9 Å². The summed E-state index contributed by atoms with van der Waals surface area (Å²) >= 11 is 0. The van der Waals surface area contributed by atoms with E-state index in [0.717, 1.165) is 22.4 Å². The van der Waals surface area contributed by atoms with Crippen molar-refractivity contribution in [3.63, 3.8) is 0 Å². The van der Waals surface area contributed by atoms with Crippen LogP contribution in [0.2, 0.25) is 0 Å². The number of aromatic nitrogens is 2. The Bertz CT molecular complexity index is 913. The fourth-order valence-electron chi connectivity index (χ4n) is 3.10. The van der Waals surface area contributed by atoms with Crippen LogP contribution in [-0.2, 0) is 20.1 Å². The molecule has 3 aromatic rings. The lowest BCUT2D eigenvalue weighted by Gasteiger charge is -2.15. The third-order valence-electron chi connectivity index (χ3n) is 4.33. The molecule has 1 aromatic heterocycles. The summed E-state index contributed by atoms with van der Waals surface area (Å²) in [5, 5.41) is 14.3. The molecule has 5 nitrogen and oxygen atoms in total. The third kappa shape index (κ3) is 2.44. The first kappa shape index (κ1) is 14.5. The zero-order valence-corrected chi connectivity index (χ0v) is 13.3. The van der Waals surface area contributed by atoms with Gasteiger partial charge in [0.25, 0.3) is 5.91 Å². The molecule has 0 spiro atoms. The Morgan fingerprint density at radius 1 is 1.12 bits per heavy atom. The number of carbonyl (C=O) groups excluding carboxylic acids is 1. The van der Waals surface area contributed by atoms with E-state index in [1.54, 1.807) is 21.7 Å². The van der Waals surface area contributed by atoms with Gasteiger partial charge in [-0.05, 0) is 23.3 Å². The highest BCUT2D eigenvalue weighted by atomic mass is 16.3. The molecule has 0 saturated carbocycles. The number of phenols is 1. The van der Waals surface area contributed by atoms with Gasteiger partial charge in [0.1, 0.15) is 5.75 Å². The molecule has 120 valence electrons. The van der Waals surface area contributed by atoms with Crippen molar-refractivity contribution in [2.24, 2.45) is 7.05 Å². The van der Waals surface area contributed by atoms with Crippen LogP contribution in [0.15, 0.2) is 54.7 Å². The number of fused-ring (bicyclic) bond motifs is 1. The van der Waals surface area contributed by atoms with Crippen molar-refractivity contribution < 1.29 is 9.90 Å². The number of benzene rings is 2. The van der Waals surface area contributed by atoms with E-state index in [4.69, 9.17) is 0 Å². The Morgan fingerprint density at radius 2 is 1.92 bits per heavy atom. The van der Waals surface area contributed by atoms with Crippen LogP contribution in [0.4, 0.5) is 0 Å². The van der Waals surface area contributed by atoms with Gasteiger partial charge in [-0.3, -0.25) is 9.48 Å². The van der Waals surface area contributed by atoms with Crippen molar-refractivity contribution >= 4 is 5.91 Å². The molecule has 1 amide bonds. The van der Waals surface area contributed by atoms with E-state index in [1.165, 1.54) is 0 Å². The molecule has 0 saturated heterocycles. The maximum absolute atomic E-state index is 12.5. The third-order valence-corrected chi connectivity index (χ3v) is 4.33. The highest BCUT2D eigenvalue weighted by molar-refractivity contribution is 6.00. The van der Waals surface area contributed by atoms with E-state index in [-0.39, 0.29) is 11.7 Å². The molecule has 0 fully saturated rings. The standard InChI is InChI=1S/C19H17N3O2/c1-21-10-9-16(20-21)14-7-5-13(6-8-14)11-22-12-15-3-2-4-17(23)18(15)19(22)24/h2-10,23H,11-12H2,1H3. The van der Waals surface area contributed by atoms with Gasteiger partial charge >= 0.3 is 0 Å². The van der Waals surface area contributed by atoms with E-state index in [0.29, 0.717) is 18.7 Å². The molecule has 5 heteroatoms. The maximum Gasteiger partial charge on any atom is 0.258 e. The Hall–Kier alpha value is -3.08. The molecule has 0 bridgehead atoms. The Morgan fingerprint density at radius 3 is 2.58 bits per heavy atom. The van der Waals surface area contributed by atoms with Crippen molar-refractivity contribution in [2.75, 3.05) is 0 Å². The van der Waals surface area contributed by atoms with Crippen molar-refractivity contribution in [1.29, 1.82) is 0 Å². The van der Waals surface area contributed by atoms with E-state index in [1.807, 2.05) is 49.6 Å². The van der Waals surface area contributed by atoms with Crippen molar-refractivity contribution in [3.8, 4) is 17.0 Å². The average molecular weight is 319 g/mol. The molecule has 24 heavy (non-hydrogen) atoms. The second-order valence-corrected chi connectivity index (χ2v) is 6.04. The summed E-state index contributed by atoms with van der Waals surface area (Å²) < 4.78 is 1.77. The topological polar surface area (TPSA) is 58.4 Å². The van der Waals surface area contributed by atoms with Gasteiger partial charge in [-0.15, -0.1) is 0 Å². The molecule has 0 aliphatic carbocycles. The molecule has 2 heterocycles. The molecule has 0 atom stereocenters. The van der Waals surface area contributed by atoms with Gasteiger partial charge in [-0.25, -0.2) is 0 Å². The second kappa shape index (κ2) is 5.53. The van der Waals surface area contributed by atoms with Crippen LogP contribution in [0.5, 0.6) is 5.75 Å². The number of rotatable bonds is 3. The number of phenolic OH excluding ortho intramolecular Hbond substituents is 1. The van der Waals surface area contributed by atoms with E-state index >= 15 is 0 Å². The van der Waals surface area contributed by atoms with Crippen molar-refractivity contribution in [3.05, 3.63) is 71.4 Å². The monoisotopic (exact) mass is 319 g/mol. The van der Waals surface area contributed by atoms with Crippen LogP contribution in [0.3, 0.4) is 0 Å². The fourth-order valence-corrected chi connectivity index (χ4v) is 3.10. The summed E-state index contributed by atoms with van der Waals surface area (Å²) in [6.45, 7) is 1.06. The number of aromatic hydroxyl groups is 1. The first-order valence-electron chi connectivity index (χ1n) is 7.81. The summed E-state index contributed by atoms with van der Waals surface area (Å²) in [7, 11) is 1.89. The molecule has 1 aliphatic rings. The van der Waals surface area contributed by atoms with Gasteiger partial charge in [0.05, 0.1) is 11.3 Å². The molecule has 0 unspecified atom stereocenters. The predicted molar refractivity (Wildman–Crippen MR) is 90.3 cm³/mol. The van der Waals surface area contributed by atoms with Crippen LogP contribution >= 0.6 is 0 Å². The first-order valence-corrected chi connectivity index (χ1v) is 7.81. The van der Waals surface area contributed by atoms with Gasteiger partial charge < -0.3 is 10.0 Å². The van der Waals surface area contributed by atoms with Crippen molar-refractivity contribution in [1.82, 2.24) is 14.7 Å². The zero-order valence-electron chi connectivity index (χ0n) is 13.3. The lowest BCUT2D eigenvalue weighted by molar-refractivity contribution is 0.0764. The predicted octanol–water partition coefficient (Wildman–Crippen LogP) is 2.95.